The van der Waals surface area contributed by atoms with Crippen LogP contribution in [0.3, 0.4) is 0 Å². The third-order valence-corrected chi connectivity index (χ3v) is 6.17. The Morgan fingerprint density at radius 3 is 2.82 bits per heavy atom. The van der Waals surface area contributed by atoms with Crippen molar-refractivity contribution in [3.05, 3.63) is 64.9 Å². The van der Waals surface area contributed by atoms with Crippen LogP contribution in [0.4, 0.5) is 0 Å². The lowest BCUT2D eigenvalue weighted by molar-refractivity contribution is 0.191. The van der Waals surface area contributed by atoms with E-state index in [1.807, 2.05) is 24.3 Å². The number of aromatic nitrogens is 3. The van der Waals surface area contributed by atoms with Crippen molar-refractivity contribution in [1.29, 1.82) is 0 Å². The van der Waals surface area contributed by atoms with Crippen LogP contribution in [0.25, 0.3) is 22.6 Å². The van der Waals surface area contributed by atoms with Crippen molar-refractivity contribution in [1.82, 2.24) is 24.9 Å². The van der Waals surface area contributed by atoms with Gasteiger partial charge < -0.3 is 28.5 Å². The molecule has 0 amide bonds. The number of ether oxygens (including phenoxy) is 1. The number of rotatable bonds is 8. The van der Waals surface area contributed by atoms with Gasteiger partial charge in [0.15, 0.2) is 5.76 Å². The highest BCUT2D eigenvalue weighted by atomic mass is 16.5. The van der Waals surface area contributed by atoms with Crippen molar-refractivity contribution in [2.45, 2.75) is 32.0 Å². The second-order valence-corrected chi connectivity index (χ2v) is 8.26. The number of piperidine rings is 1. The minimum absolute atomic E-state index is 0.0179. The maximum absolute atomic E-state index is 12.5. The number of hydrogen-bond acceptors (Lipinski definition) is 8. The molecule has 1 aliphatic rings. The summed E-state index contributed by atoms with van der Waals surface area (Å²) in [6, 6.07) is 11.2. The van der Waals surface area contributed by atoms with Gasteiger partial charge in [0.25, 0.3) is 5.56 Å². The van der Waals surface area contributed by atoms with Gasteiger partial charge in [0.1, 0.15) is 5.75 Å². The molecular formula is C24H27N5O4. The first-order valence-electron chi connectivity index (χ1n) is 11.2. The first kappa shape index (κ1) is 21.4. The monoisotopic (exact) mass is 449 g/mol. The van der Waals surface area contributed by atoms with E-state index in [-0.39, 0.29) is 5.56 Å². The molecule has 5 rings (SSSR count). The fraction of sp³-hybridized carbons (Fsp3) is 0.375. The highest BCUT2D eigenvalue weighted by Crippen LogP contribution is 2.21. The number of likely N-dealkylation sites (tertiary alicyclic amines) is 1. The second kappa shape index (κ2) is 9.60. The molecule has 172 valence electrons. The third kappa shape index (κ3) is 4.84. The molecule has 33 heavy (non-hydrogen) atoms. The number of nitrogens with zero attached hydrogens (tertiary/aromatic N) is 4. The molecule has 9 nitrogen and oxygen atoms in total. The maximum Gasteiger partial charge on any atom is 0.251 e. The minimum Gasteiger partial charge on any atom is -0.495 e. The summed E-state index contributed by atoms with van der Waals surface area (Å²) in [5.41, 5.74) is 2.44. The average molecular weight is 450 g/mol. The van der Waals surface area contributed by atoms with Crippen LogP contribution in [0, 0.1) is 0 Å². The number of fused-ring (bicyclic) bond motifs is 1. The van der Waals surface area contributed by atoms with Gasteiger partial charge in [0.05, 0.1) is 36.3 Å². The quantitative estimate of drug-likeness (QED) is 0.438. The van der Waals surface area contributed by atoms with E-state index in [4.69, 9.17) is 13.7 Å². The smallest absolute Gasteiger partial charge is 0.251 e. The molecule has 4 aromatic heterocycles. The van der Waals surface area contributed by atoms with Gasteiger partial charge in [-0.15, -0.1) is 0 Å². The lowest BCUT2D eigenvalue weighted by Crippen LogP contribution is -2.43. The third-order valence-electron chi connectivity index (χ3n) is 6.17. The zero-order chi connectivity index (χ0) is 22.6. The van der Waals surface area contributed by atoms with Crippen LogP contribution in [0.15, 0.2) is 62.6 Å². The van der Waals surface area contributed by atoms with Gasteiger partial charge in [-0.05, 0) is 44.1 Å². The predicted molar refractivity (Wildman–Crippen MR) is 123 cm³/mol. The van der Waals surface area contributed by atoms with Gasteiger partial charge in [-0.2, -0.15) is 0 Å². The Labute approximate surface area is 190 Å². The van der Waals surface area contributed by atoms with Crippen LogP contribution in [0.2, 0.25) is 0 Å². The van der Waals surface area contributed by atoms with Gasteiger partial charge in [-0.3, -0.25) is 9.78 Å². The second-order valence-electron chi connectivity index (χ2n) is 8.26. The van der Waals surface area contributed by atoms with Crippen LogP contribution < -0.4 is 15.6 Å². The van der Waals surface area contributed by atoms with Crippen molar-refractivity contribution < 1.29 is 13.7 Å². The average Bonchev–Trinajstić information content (AvgIpc) is 3.55. The molecule has 0 aliphatic carbocycles. The number of pyridine rings is 2. The van der Waals surface area contributed by atoms with Crippen LogP contribution in [-0.4, -0.2) is 52.4 Å². The Hall–Kier alpha value is -3.43. The number of methoxy groups -OCH3 is 1. The molecular weight excluding hydrogens is 422 g/mol. The summed E-state index contributed by atoms with van der Waals surface area (Å²) in [5.74, 6) is 1.97. The molecule has 0 aromatic carbocycles. The van der Waals surface area contributed by atoms with E-state index in [2.05, 4.69) is 20.4 Å². The Morgan fingerprint density at radius 2 is 2.03 bits per heavy atom. The number of nitrogens with one attached hydrogen (secondary N) is 1. The number of furan rings is 1. The summed E-state index contributed by atoms with van der Waals surface area (Å²) in [4.78, 5) is 19.3. The topological polar surface area (TPSA) is 98.6 Å². The first-order chi connectivity index (χ1) is 16.2. The van der Waals surface area contributed by atoms with E-state index < -0.39 is 0 Å². The van der Waals surface area contributed by atoms with Crippen molar-refractivity contribution in [3.63, 3.8) is 0 Å². The molecule has 1 fully saturated rings. The summed E-state index contributed by atoms with van der Waals surface area (Å²) in [6.45, 7) is 4.07. The fourth-order valence-corrected chi connectivity index (χ4v) is 4.27. The van der Waals surface area contributed by atoms with E-state index >= 15 is 0 Å². The molecule has 0 bridgehead atoms. The maximum atomic E-state index is 12.5. The molecule has 5 heterocycles. The summed E-state index contributed by atoms with van der Waals surface area (Å²) in [5, 5.41) is 7.71. The normalized spacial score (nSPS) is 15.3. The van der Waals surface area contributed by atoms with Gasteiger partial charge in [0, 0.05) is 43.9 Å². The standard InChI is InChI=1S/C24H27N5O4/c1-31-19-14-21-20(26-16-19)4-5-24(30)29(21)11-10-28-8-6-17(7-9-28)25-15-18-13-23(33-27-18)22-3-2-12-32-22/h2-5,12-14,16-17,25H,6-11,15H2,1H3. The summed E-state index contributed by atoms with van der Waals surface area (Å²) in [7, 11) is 1.60. The Kier molecular flexibility index (Phi) is 6.23. The zero-order valence-electron chi connectivity index (χ0n) is 18.6. The van der Waals surface area contributed by atoms with Gasteiger partial charge in [-0.25, -0.2) is 0 Å². The van der Waals surface area contributed by atoms with E-state index in [0.29, 0.717) is 36.4 Å². The van der Waals surface area contributed by atoms with Gasteiger partial charge in [0.2, 0.25) is 5.76 Å². The van der Waals surface area contributed by atoms with Crippen LogP contribution in [0.5, 0.6) is 5.75 Å². The lowest BCUT2D eigenvalue weighted by atomic mass is 10.0. The summed E-state index contributed by atoms with van der Waals surface area (Å²) < 4.78 is 17.8. The van der Waals surface area contributed by atoms with Gasteiger partial charge >= 0.3 is 0 Å². The molecule has 0 spiro atoms. The molecule has 0 radical (unpaired) electrons. The van der Waals surface area contributed by atoms with Crippen molar-refractivity contribution >= 4 is 11.0 Å². The zero-order valence-corrected chi connectivity index (χ0v) is 18.6. The largest absolute Gasteiger partial charge is 0.495 e. The fourth-order valence-electron chi connectivity index (χ4n) is 4.27. The summed E-state index contributed by atoms with van der Waals surface area (Å²) in [6.07, 6.45) is 5.38. The van der Waals surface area contributed by atoms with Crippen LogP contribution >= 0.6 is 0 Å². The predicted octanol–water partition coefficient (Wildman–Crippen LogP) is 2.91. The van der Waals surface area contributed by atoms with Crippen LogP contribution in [0.1, 0.15) is 18.5 Å². The highest BCUT2D eigenvalue weighted by molar-refractivity contribution is 5.75. The molecule has 1 saturated heterocycles. The number of hydrogen-bond donors (Lipinski definition) is 1. The van der Waals surface area contributed by atoms with E-state index in [1.54, 1.807) is 36.3 Å². The van der Waals surface area contributed by atoms with E-state index in [0.717, 1.165) is 49.2 Å². The molecule has 0 saturated carbocycles. The minimum atomic E-state index is -0.0179. The molecule has 0 atom stereocenters. The molecule has 4 aromatic rings. The van der Waals surface area contributed by atoms with E-state index in [1.165, 1.54) is 0 Å². The Morgan fingerprint density at radius 1 is 1.15 bits per heavy atom. The molecule has 1 N–H and O–H groups in total. The highest BCUT2D eigenvalue weighted by Gasteiger charge is 2.20. The molecule has 0 unspecified atom stereocenters. The van der Waals surface area contributed by atoms with E-state index in [9.17, 15) is 4.79 Å². The van der Waals surface area contributed by atoms with Gasteiger partial charge in [-0.1, -0.05) is 5.16 Å². The SMILES string of the molecule is COc1cnc2ccc(=O)n(CCN3CCC(NCc4cc(-c5ccco5)on4)CC3)c2c1. The van der Waals surface area contributed by atoms with Crippen LogP contribution in [-0.2, 0) is 13.1 Å². The van der Waals surface area contributed by atoms with Crippen molar-refractivity contribution in [3.8, 4) is 17.3 Å². The van der Waals surface area contributed by atoms with Crippen molar-refractivity contribution in [2.75, 3.05) is 26.7 Å². The Balaban J connectivity index is 1.13. The molecule has 1 aliphatic heterocycles. The molecule has 9 heteroatoms. The first-order valence-corrected chi connectivity index (χ1v) is 11.2. The lowest BCUT2D eigenvalue weighted by Gasteiger charge is -2.32. The Bertz CT molecular complexity index is 1260. The summed E-state index contributed by atoms with van der Waals surface area (Å²) >= 11 is 0. The van der Waals surface area contributed by atoms with Crippen molar-refractivity contribution in [2.24, 2.45) is 0 Å².